The highest BCUT2D eigenvalue weighted by Gasteiger charge is 2.25. The van der Waals surface area contributed by atoms with E-state index in [0.717, 1.165) is 11.8 Å². The number of aliphatic hydroxyl groups excluding tert-OH is 1. The minimum atomic E-state index is -0.519. The molecule has 2 amide bonds. The summed E-state index contributed by atoms with van der Waals surface area (Å²) in [6, 6.07) is 4.52. The van der Waals surface area contributed by atoms with Gasteiger partial charge in [-0.3, -0.25) is 25.0 Å². The molecule has 0 bridgehead atoms. The molecule has 1 aromatic rings. The van der Waals surface area contributed by atoms with Gasteiger partial charge in [0.2, 0.25) is 0 Å². The predicted molar refractivity (Wildman–Crippen MR) is 80.0 cm³/mol. The lowest BCUT2D eigenvalue weighted by atomic mass is 10.2. The van der Waals surface area contributed by atoms with E-state index in [1.807, 2.05) is 0 Å². The fraction of sp³-hybridized carbons (Fsp3) is 0.167. The quantitative estimate of drug-likeness (QED) is 0.368. The third kappa shape index (κ3) is 3.84. The molecule has 0 atom stereocenters. The number of hydrogen-bond donors (Lipinski definition) is 2. The van der Waals surface area contributed by atoms with Crippen molar-refractivity contribution in [2.75, 3.05) is 12.4 Å². The predicted octanol–water partition coefficient (Wildman–Crippen LogP) is 2.00. The number of nitro benzene ring substituents is 1. The molecule has 7 nitrogen and oxygen atoms in total. The van der Waals surface area contributed by atoms with Gasteiger partial charge in [0.25, 0.3) is 16.8 Å². The third-order valence-corrected chi connectivity index (χ3v) is 4.32. The molecule has 1 aromatic carbocycles. The smallest absolute Gasteiger partial charge is 0.290 e. The lowest BCUT2D eigenvalue weighted by Crippen LogP contribution is -2.17. The first-order valence-electron chi connectivity index (χ1n) is 5.78. The van der Waals surface area contributed by atoms with Gasteiger partial charge >= 0.3 is 0 Å². The summed E-state index contributed by atoms with van der Waals surface area (Å²) in [7, 11) is 0. The number of carbonyl (C=O) groups excluding carboxylic acids is 2. The Morgan fingerprint density at radius 2 is 2.19 bits per heavy atom. The van der Waals surface area contributed by atoms with Gasteiger partial charge in [-0.1, -0.05) is 6.07 Å². The standard InChI is InChI=1S/C12H10N2O5S2/c15-3-4-20-9-2-1-7(5-8(9)14(18)19)6-10-11(16)13-12(17)21-10/h1-2,5-6,15H,3-4H2,(H,13,16,17)/b10-6-. The molecule has 0 aliphatic carbocycles. The van der Waals surface area contributed by atoms with Crippen LogP contribution in [0, 0.1) is 10.1 Å². The van der Waals surface area contributed by atoms with Gasteiger partial charge < -0.3 is 5.11 Å². The molecule has 0 spiro atoms. The molecule has 110 valence electrons. The van der Waals surface area contributed by atoms with Crippen LogP contribution in [0.1, 0.15) is 5.56 Å². The molecule has 0 radical (unpaired) electrons. The van der Waals surface area contributed by atoms with E-state index in [2.05, 4.69) is 5.32 Å². The number of nitrogens with one attached hydrogen (secondary N) is 1. The minimum Gasteiger partial charge on any atom is -0.396 e. The highest BCUT2D eigenvalue weighted by molar-refractivity contribution is 8.18. The minimum absolute atomic E-state index is 0.0768. The maximum absolute atomic E-state index is 11.4. The van der Waals surface area contributed by atoms with Crippen LogP contribution in [0.5, 0.6) is 0 Å². The average molecular weight is 326 g/mol. The third-order valence-electron chi connectivity index (χ3n) is 2.47. The first-order valence-corrected chi connectivity index (χ1v) is 7.58. The zero-order chi connectivity index (χ0) is 15.4. The summed E-state index contributed by atoms with van der Waals surface area (Å²) in [5, 5.41) is 21.5. The van der Waals surface area contributed by atoms with E-state index in [1.54, 1.807) is 12.1 Å². The summed E-state index contributed by atoms with van der Waals surface area (Å²) in [4.78, 5) is 33.7. The van der Waals surface area contributed by atoms with E-state index >= 15 is 0 Å². The van der Waals surface area contributed by atoms with Crippen molar-refractivity contribution in [3.63, 3.8) is 0 Å². The molecule has 9 heteroatoms. The maximum Gasteiger partial charge on any atom is 0.290 e. The topological polar surface area (TPSA) is 110 Å². The Bertz CT molecular complexity index is 645. The summed E-state index contributed by atoms with van der Waals surface area (Å²) in [5.41, 5.74) is 0.361. The summed E-state index contributed by atoms with van der Waals surface area (Å²) in [6.07, 6.45) is 1.43. The van der Waals surface area contributed by atoms with Crippen molar-refractivity contribution in [1.29, 1.82) is 0 Å². The van der Waals surface area contributed by atoms with Crippen molar-refractivity contribution >= 4 is 46.4 Å². The van der Waals surface area contributed by atoms with Crippen LogP contribution < -0.4 is 5.32 Å². The molecule has 21 heavy (non-hydrogen) atoms. The second-order valence-electron chi connectivity index (χ2n) is 3.91. The van der Waals surface area contributed by atoms with E-state index in [9.17, 15) is 19.7 Å². The fourth-order valence-corrected chi connectivity index (χ4v) is 3.06. The molecule has 1 fully saturated rings. The molecule has 1 aliphatic heterocycles. The molecule has 2 N–H and O–H groups in total. The monoisotopic (exact) mass is 326 g/mol. The molecule has 0 saturated carbocycles. The van der Waals surface area contributed by atoms with Gasteiger partial charge in [0.05, 0.1) is 21.3 Å². The molecule has 0 unspecified atom stereocenters. The number of aliphatic hydroxyl groups is 1. The highest BCUT2D eigenvalue weighted by Crippen LogP contribution is 2.32. The molecule has 1 saturated heterocycles. The first-order chi connectivity index (χ1) is 10.0. The zero-order valence-electron chi connectivity index (χ0n) is 10.6. The van der Waals surface area contributed by atoms with Crippen molar-refractivity contribution in [2.45, 2.75) is 4.90 Å². The van der Waals surface area contributed by atoms with Crippen LogP contribution in [0.15, 0.2) is 28.0 Å². The lowest BCUT2D eigenvalue weighted by molar-refractivity contribution is -0.387. The van der Waals surface area contributed by atoms with E-state index in [1.165, 1.54) is 23.9 Å². The Morgan fingerprint density at radius 1 is 1.43 bits per heavy atom. The summed E-state index contributed by atoms with van der Waals surface area (Å²) in [5.74, 6) is -0.153. The van der Waals surface area contributed by atoms with Crippen molar-refractivity contribution < 1.29 is 19.6 Å². The van der Waals surface area contributed by atoms with Crippen LogP contribution in [0.2, 0.25) is 0 Å². The van der Waals surface area contributed by atoms with E-state index in [4.69, 9.17) is 5.11 Å². The van der Waals surface area contributed by atoms with Crippen LogP contribution >= 0.6 is 23.5 Å². The lowest BCUT2D eigenvalue weighted by Gasteiger charge is -2.03. The number of imide groups is 1. The Morgan fingerprint density at radius 3 is 2.76 bits per heavy atom. The number of nitrogens with zero attached hydrogens (tertiary/aromatic N) is 1. The zero-order valence-corrected chi connectivity index (χ0v) is 12.2. The number of carbonyl (C=O) groups is 2. The second kappa shape index (κ2) is 6.74. The number of amides is 2. The van der Waals surface area contributed by atoms with E-state index in [0.29, 0.717) is 16.2 Å². The number of nitro groups is 1. The molecular weight excluding hydrogens is 316 g/mol. The number of benzene rings is 1. The van der Waals surface area contributed by atoms with Crippen molar-refractivity contribution in [3.8, 4) is 0 Å². The van der Waals surface area contributed by atoms with Gasteiger partial charge in [-0.05, 0) is 29.5 Å². The Balaban J connectivity index is 2.32. The van der Waals surface area contributed by atoms with Gasteiger partial charge in [-0.25, -0.2) is 0 Å². The highest BCUT2D eigenvalue weighted by atomic mass is 32.2. The number of rotatable bonds is 5. The summed E-state index contributed by atoms with van der Waals surface area (Å²) >= 11 is 1.93. The molecule has 1 aliphatic rings. The summed E-state index contributed by atoms with van der Waals surface area (Å²) < 4.78 is 0. The molecule has 2 rings (SSSR count). The van der Waals surface area contributed by atoms with Crippen LogP contribution in [0.25, 0.3) is 6.08 Å². The van der Waals surface area contributed by atoms with Gasteiger partial charge in [-0.15, -0.1) is 11.8 Å². The van der Waals surface area contributed by atoms with Crippen LogP contribution in [0.4, 0.5) is 10.5 Å². The van der Waals surface area contributed by atoms with Gasteiger partial charge in [0, 0.05) is 11.8 Å². The Labute approximate surface area is 127 Å². The van der Waals surface area contributed by atoms with Gasteiger partial charge in [-0.2, -0.15) is 0 Å². The molecule has 1 heterocycles. The first kappa shape index (κ1) is 15.5. The van der Waals surface area contributed by atoms with Crippen LogP contribution in [0.3, 0.4) is 0 Å². The second-order valence-corrected chi connectivity index (χ2v) is 6.06. The fourth-order valence-electron chi connectivity index (χ4n) is 1.62. The van der Waals surface area contributed by atoms with Crippen LogP contribution in [-0.2, 0) is 4.79 Å². The summed E-state index contributed by atoms with van der Waals surface area (Å²) in [6.45, 7) is -0.0768. The Kier molecular flexibility index (Phi) is 4.99. The number of hydrogen-bond acceptors (Lipinski definition) is 7. The largest absolute Gasteiger partial charge is 0.396 e. The normalized spacial score (nSPS) is 16.3. The number of thioether (sulfide) groups is 2. The molecule has 0 aromatic heterocycles. The van der Waals surface area contributed by atoms with Crippen molar-refractivity contribution in [2.24, 2.45) is 0 Å². The van der Waals surface area contributed by atoms with E-state index in [-0.39, 0.29) is 17.2 Å². The van der Waals surface area contributed by atoms with Gasteiger partial charge in [0.15, 0.2) is 0 Å². The van der Waals surface area contributed by atoms with Crippen molar-refractivity contribution in [3.05, 3.63) is 38.8 Å². The Hall–Kier alpha value is -1.84. The molecular formula is C12H10N2O5S2. The maximum atomic E-state index is 11.4. The van der Waals surface area contributed by atoms with Gasteiger partial charge in [0.1, 0.15) is 0 Å². The average Bonchev–Trinajstić information content (AvgIpc) is 2.75. The van der Waals surface area contributed by atoms with Crippen molar-refractivity contribution in [1.82, 2.24) is 5.32 Å². The van der Waals surface area contributed by atoms with E-state index < -0.39 is 16.1 Å². The SMILES string of the molecule is O=C1NC(=O)/C(=C/c2ccc(SCCO)c([N+](=O)[O-])c2)S1. The van der Waals surface area contributed by atoms with Crippen LogP contribution in [-0.4, -0.2) is 33.5 Å².